The predicted octanol–water partition coefficient (Wildman–Crippen LogP) is 7.67. The van der Waals surface area contributed by atoms with Crippen LogP contribution in [0.2, 0.25) is 0 Å². The third-order valence-corrected chi connectivity index (χ3v) is 8.68. The van der Waals surface area contributed by atoms with E-state index in [-0.39, 0.29) is 40.5 Å². The zero-order valence-corrected chi connectivity index (χ0v) is 23.6. The molecule has 0 saturated heterocycles. The number of fused-ring (bicyclic) bond motifs is 3. The molecule has 3 aliphatic rings. The van der Waals surface area contributed by atoms with Crippen molar-refractivity contribution in [1.82, 2.24) is 15.3 Å². The number of carboxylic acid groups (broad SMARTS) is 1. The van der Waals surface area contributed by atoms with Crippen LogP contribution in [0.25, 0.3) is 22.6 Å². The molecule has 3 saturated carbocycles. The average molecular weight is 598 g/mol. The molecule has 9 nitrogen and oxygen atoms in total. The quantitative estimate of drug-likeness (QED) is 0.207. The van der Waals surface area contributed by atoms with Crippen molar-refractivity contribution >= 4 is 5.97 Å². The lowest BCUT2D eigenvalue weighted by Gasteiger charge is -2.51. The highest BCUT2D eigenvalue weighted by Gasteiger charge is 2.53. The van der Waals surface area contributed by atoms with E-state index >= 15 is 0 Å². The number of hydrogen-bond donors (Lipinski definition) is 1. The lowest BCUT2D eigenvalue weighted by Crippen LogP contribution is -2.49. The van der Waals surface area contributed by atoms with E-state index < -0.39 is 17.9 Å². The highest BCUT2D eigenvalue weighted by atomic mass is 19.4. The normalized spacial score (nSPS) is 21.8. The van der Waals surface area contributed by atoms with Crippen molar-refractivity contribution in [2.75, 3.05) is 0 Å². The van der Waals surface area contributed by atoms with Crippen molar-refractivity contribution in [2.45, 2.75) is 82.3 Å². The van der Waals surface area contributed by atoms with E-state index in [9.17, 15) is 18.0 Å². The van der Waals surface area contributed by atoms with Crippen LogP contribution in [0.5, 0.6) is 5.75 Å². The number of benzene rings is 2. The average Bonchev–Trinajstić information content (AvgIpc) is 3.65. The Kier molecular flexibility index (Phi) is 7.27. The fourth-order valence-electron chi connectivity index (χ4n) is 6.23. The Bertz CT molecular complexity index is 1600. The molecule has 3 fully saturated rings. The Morgan fingerprint density at radius 1 is 0.977 bits per heavy atom. The summed E-state index contributed by atoms with van der Waals surface area (Å²) in [6, 6.07) is 12.2. The van der Waals surface area contributed by atoms with Gasteiger partial charge in [-0.2, -0.15) is 4.98 Å². The molecule has 12 heteroatoms. The Hall–Kier alpha value is -4.19. The Morgan fingerprint density at radius 2 is 1.65 bits per heavy atom. The van der Waals surface area contributed by atoms with E-state index in [1.807, 2.05) is 13.8 Å². The first-order chi connectivity index (χ1) is 20.5. The van der Waals surface area contributed by atoms with Gasteiger partial charge in [-0.1, -0.05) is 48.4 Å². The monoisotopic (exact) mass is 597 g/mol. The van der Waals surface area contributed by atoms with Crippen molar-refractivity contribution in [3.8, 4) is 28.4 Å². The number of carboxylic acids is 1. The third kappa shape index (κ3) is 5.63. The molecule has 3 aliphatic carbocycles. The maximum Gasteiger partial charge on any atom is 0.573 e. The smallest absolute Gasteiger partial charge is 0.478 e. The second-order valence-electron chi connectivity index (χ2n) is 11.6. The molecule has 0 aliphatic heterocycles. The Balaban J connectivity index is 1.18. The lowest BCUT2D eigenvalue weighted by molar-refractivity contribution is -0.274. The molecule has 0 spiro atoms. The van der Waals surface area contributed by atoms with Crippen molar-refractivity contribution in [1.29, 1.82) is 0 Å². The SMILES string of the molecule is CC(C)c1onc(-c2ccccc2OC(F)(F)F)c1COC12CCC(c3nc(-c4ccc(C(=O)O)cc4)no3)(CC1)CC2. The number of para-hydroxylation sites is 1. The van der Waals surface area contributed by atoms with Crippen LogP contribution < -0.4 is 4.74 Å². The van der Waals surface area contributed by atoms with Crippen LogP contribution in [0, 0.1) is 0 Å². The number of nitrogens with zero attached hydrogens (tertiary/aromatic N) is 3. The maximum atomic E-state index is 13.1. The van der Waals surface area contributed by atoms with Crippen LogP contribution in [0.4, 0.5) is 13.2 Å². The van der Waals surface area contributed by atoms with Crippen LogP contribution in [-0.2, 0) is 16.8 Å². The van der Waals surface area contributed by atoms with Gasteiger partial charge in [-0.3, -0.25) is 0 Å². The summed E-state index contributed by atoms with van der Waals surface area (Å²) in [4.78, 5) is 15.8. The fraction of sp³-hybridized carbons (Fsp3) is 0.419. The van der Waals surface area contributed by atoms with E-state index in [2.05, 4.69) is 20.0 Å². The van der Waals surface area contributed by atoms with Gasteiger partial charge in [0.05, 0.1) is 23.2 Å². The molecule has 7 rings (SSSR count). The summed E-state index contributed by atoms with van der Waals surface area (Å²) in [6.45, 7) is 3.99. The molecule has 0 unspecified atom stereocenters. The van der Waals surface area contributed by atoms with Gasteiger partial charge >= 0.3 is 12.3 Å². The molecule has 2 aromatic carbocycles. The van der Waals surface area contributed by atoms with E-state index in [4.69, 9.17) is 18.9 Å². The zero-order chi connectivity index (χ0) is 30.4. The molecule has 0 radical (unpaired) electrons. The summed E-state index contributed by atoms with van der Waals surface area (Å²) >= 11 is 0. The molecule has 4 aromatic rings. The van der Waals surface area contributed by atoms with Gasteiger partial charge in [-0.25, -0.2) is 4.79 Å². The van der Waals surface area contributed by atoms with Crippen molar-refractivity contribution in [2.24, 2.45) is 0 Å². The van der Waals surface area contributed by atoms with Gasteiger partial charge in [-0.05, 0) is 62.8 Å². The van der Waals surface area contributed by atoms with Gasteiger partial charge < -0.3 is 23.6 Å². The molecule has 0 atom stereocenters. The van der Waals surface area contributed by atoms with Gasteiger partial charge in [-0.15, -0.1) is 13.2 Å². The molecule has 1 N–H and O–H groups in total. The molecule has 2 aromatic heterocycles. The summed E-state index contributed by atoms with van der Waals surface area (Å²) in [5, 5.41) is 17.5. The zero-order valence-electron chi connectivity index (χ0n) is 23.6. The summed E-state index contributed by atoms with van der Waals surface area (Å²) in [5.74, 6) is 0.124. The topological polar surface area (TPSA) is 121 Å². The fourth-order valence-corrected chi connectivity index (χ4v) is 6.23. The molecule has 43 heavy (non-hydrogen) atoms. The van der Waals surface area contributed by atoms with Crippen molar-refractivity contribution in [3.05, 3.63) is 71.3 Å². The summed E-state index contributed by atoms with van der Waals surface area (Å²) < 4.78 is 61.6. The number of aromatic carboxylic acids is 1. The number of aromatic nitrogens is 3. The van der Waals surface area contributed by atoms with E-state index in [1.165, 1.54) is 30.3 Å². The van der Waals surface area contributed by atoms with Gasteiger partial charge in [0, 0.05) is 22.6 Å². The van der Waals surface area contributed by atoms with E-state index in [0.29, 0.717) is 28.6 Å². The highest BCUT2D eigenvalue weighted by Crippen LogP contribution is 2.55. The minimum atomic E-state index is -4.85. The number of halogens is 3. The molecule has 0 amide bonds. The van der Waals surface area contributed by atoms with Crippen LogP contribution in [0.15, 0.2) is 57.6 Å². The van der Waals surface area contributed by atoms with Gasteiger partial charge in [0.1, 0.15) is 17.2 Å². The van der Waals surface area contributed by atoms with Gasteiger partial charge in [0.15, 0.2) is 0 Å². The van der Waals surface area contributed by atoms with Crippen LogP contribution in [0.1, 0.15) is 85.9 Å². The number of carbonyl (C=O) groups is 1. The number of alkyl halides is 3. The number of ether oxygens (including phenoxy) is 2. The summed E-state index contributed by atoms with van der Waals surface area (Å²) in [6.07, 6.45) is -0.249. The largest absolute Gasteiger partial charge is 0.573 e. The number of hydrogen-bond acceptors (Lipinski definition) is 8. The third-order valence-electron chi connectivity index (χ3n) is 8.68. The summed E-state index contributed by atoms with van der Waals surface area (Å²) in [5.41, 5.74) is 1.26. The first kappa shape index (κ1) is 28.9. The minimum absolute atomic E-state index is 0.0644. The molecule has 2 heterocycles. The van der Waals surface area contributed by atoms with Gasteiger partial charge in [0.2, 0.25) is 11.7 Å². The van der Waals surface area contributed by atoms with Crippen LogP contribution in [0.3, 0.4) is 0 Å². The standard InChI is InChI=1S/C31H30F3N3O6/c1-18(2)25-22(24(36-42-25)21-5-3-4-6-23(21)41-31(32,33)34)17-40-30-14-11-29(12-15-30,13-16-30)28-35-26(37-43-28)19-7-9-20(10-8-19)27(38)39/h3-10,18H,11-17H2,1-2H3,(H,38,39). The second-order valence-corrected chi connectivity index (χ2v) is 11.6. The van der Waals surface area contributed by atoms with Crippen LogP contribution in [-0.4, -0.2) is 38.3 Å². The second kappa shape index (κ2) is 10.8. The van der Waals surface area contributed by atoms with E-state index in [0.717, 1.165) is 38.5 Å². The molecular weight excluding hydrogens is 567 g/mol. The minimum Gasteiger partial charge on any atom is -0.478 e. The Morgan fingerprint density at radius 3 is 2.28 bits per heavy atom. The van der Waals surface area contributed by atoms with Crippen molar-refractivity contribution in [3.63, 3.8) is 0 Å². The Labute approximate surface area is 245 Å². The van der Waals surface area contributed by atoms with Crippen LogP contribution >= 0.6 is 0 Å². The van der Waals surface area contributed by atoms with E-state index in [1.54, 1.807) is 18.2 Å². The van der Waals surface area contributed by atoms with Gasteiger partial charge in [0.25, 0.3) is 0 Å². The number of rotatable bonds is 9. The first-order valence-electron chi connectivity index (χ1n) is 14.1. The lowest BCUT2D eigenvalue weighted by atomic mass is 9.58. The van der Waals surface area contributed by atoms with Crippen molar-refractivity contribution < 1.29 is 41.6 Å². The first-order valence-corrected chi connectivity index (χ1v) is 14.1. The maximum absolute atomic E-state index is 13.1. The molecule has 226 valence electrons. The summed E-state index contributed by atoms with van der Waals surface area (Å²) in [7, 11) is 0. The predicted molar refractivity (Wildman–Crippen MR) is 146 cm³/mol. The molecular formula is C31H30F3N3O6. The highest BCUT2D eigenvalue weighted by molar-refractivity contribution is 5.88. The molecule has 2 bridgehead atoms.